The summed E-state index contributed by atoms with van der Waals surface area (Å²) in [7, 11) is 0. The van der Waals surface area contributed by atoms with Crippen LogP contribution in [-0.2, 0) is 0 Å². The third-order valence-electron chi connectivity index (χ3n) is 23.1. The normalized spacial score (nSPS) is 13.2. The van der Waals surface area contributed by atoms with E-state index in [9.17, 15) is 0 Å². The van der Waals surface area contributed by atoms with Gasteiger partial charge in [-0.05, 0) is 184 Å². The van der Waals surface area contributed by atoms with Gasteiger partial charge in [0.15, 0.2) is 0 Å². The molecule has 122 heavy (non-hydrogen) atoms. The van der Waals surface area contributed by atoms with Crippen molar-refractivity contribution >= 4 is 196 Å². The highest BCUT2D eigenvalue weighted by molar-refractivity contribution is 7.34. The van der Waals surface area contributed by atoms with Gasteiger partial charge in [-0.25, -0.2) is 61.5 Å². The number of halogens is 14. The highest BCUT2D eigenvalue weighted by Gasteiger charge is 2.52. The first-order chi connectivity index (χ1) is 59.3. The van der Waals surface area contributed by atoms with Crippen LogP contribution in [0.4, 0.5) is 147 Å². The van der Waals surface area contributed by atoms with Gasteiger partial charge in [0.05, 0.1) is 17.1 Å². The van der Waals surface area contributed by atoms with Crippen LogP contribution in [0.1, 0.15) is 0 Å². The molecule has 6 aliphatic rings. The molecule has 0 bridgehead atoms. The number of hydrogen-bond donors (Lipinski definition) is 0. The quantitative estimate of drug-likeness (QED) is 0.0931. The molecule has 2 aromatic heterocycles. The van der Waals surface area contributed by atoms with E-state index in [-0.39, 0.29) is 96.2 Å². The Balaban J connectivity index is 0.831. The Bertz CT molecular complexity index is 7220. The van der Waals surface area contributed by atoms with E-state index in [4.69, 9.17) is 18.9 Å². The molecule has 0 atom stereocenters. The lowest BCUT2D eigenvalue weighted by molar-refractivity contribution is 0.457. The van der Waals surface area contributed by atoms with E-state index in [2.05, 4.69) is 0 Å². The molecule has 0 saturated carbocycles. The molecule has 28 heteroatoms. The van der Waals surface area contributed by atoms with Gasteiger partial charge >= 0.3 is 0 Å². The second-order valence-corrected chi connectivity index (χ2v) is 32.0. The predicted molar refractivity (Wildman–Crippen MR) is 450 cm³/mol. The van der Waals surface area contributed by atoms with Crippen LogP contribution in [0.2, 0.25) is 0 Å². The van der Waals surface area contributed by atoms with Crippen molar-refractivity contribution in [2.75, 3.05) is 24.5 Å². The first kappa shape index (κ1) is 72.8. The third kappa shape index (κ3) is 10.8. The average Bonchev–Trinajstić information content (AvgIpc) is 0.989. The Morgan fingerprint density at radius 2 is 0.574 bits per heavy atom. The second kappa shape index (κ2) is 27.1. The molecule has 23 rings (SSSR count). The van der Waals surface area contributed by atoms with Crippen molar-refractivity contribution in [1.29, 1.82) is 0 Å². The monoisotopic (exact) mass is 1670 g/mol. The fraction of sp³-hybridized carbons (Fsp3) is 0. The molecule has 8 heterocycles. The van der Waals surface area contributed by atoms with Crippen LogP contribution in [0.25, 0.3) is 20.2 Å². The molecule has 17 aromatic rings. The largest absolute Gasteiger partial charge is 0.458 e. The lowest BCUT2D eigenvalue weighted by Crippen LogP contribution is -2.64. The summed E-state index contributed by atoms with van der Waals surface area (Å²) in [5.41, 5.74) is -2.70. The number of fused-ring (bicyclic) bond motifs is 16. The zero-order valence-electron chi connectivity index (χ0n) is 62.1. The van der Waals surface area contributed by atoms with Crippen molar-refractivity contribution in [3.63, 3.8) is 0 Å². The maximum atomic E-state index is 18.2. The highest BCUT2D eigenvalue weighted by Crippen LogP contribution is 2.56. The molecule has 0 spiro atoms. The van der Waals surface area contributed by atoms with Gasteiger partial charge in [-0.3, -0.25) is 9.80 Å². The van der Waals surface area contributed by atoms with Gasteiger partial charge in [0.1, 0.15) is 162 Å². The number of anilines is 15. The first-order valence-electron chi connectivity index (χ1n) is 38.1. The highest BCUT2D eigenvalue weighted by atomic mass is 32.1. The Hall–Kier alpha value is -14.4. The number of ether oxygens (including phenoxy) is 4. The minimum atomic E-state index is -1.30. The minimum Gasteiger partial charge on any atom is -0.458 e. The molecule has 0 unspecified atom stereocenters. The lowest BCUT2D eigenvalue weighted by atomic mass is 9.30. The van der Waals surface area contributed by atoms with E-state index >= 15 is 61.5 Å². The van der Waals surface area contributed by atoms with Crippen LogP contribution in [0.3, 0.4) is 0 Å². The molecule has 6 aliphatic heterocycles. The summed E-state index contributed by atoms with van der Waals surface area (Å²) in [6.45, 7) is -3.40. The molecule has 0 saturated heterocycles. The van der Waals surface area contributed by atoms with Crippen molar-refractivity contribution in [2.45, 2.75) is 0 Å². The van der Waals surface area contributed by atoms with Gasteiger partial charge in [-0.1, -0.05) is 84.9 Å². The standard InChI is InChI=1S/C94H44B3F14N5O4S2/c98-45-29-31-80-52(33-45)91-93(121-80)96-55-41-54-70(43-71(55)116(90-68(110)27-12-28-69(90)111)73-36-50(38-77(119-91)83(73)96)113(85-58(100)17-7-18-59(85)101)86-60(102)19-8-20-61(86)103)115(89-66(108)25-11-26-67(89)109)72-35-49(112(47-13-3-1-4-14-47)48-15-5-2-6-16-48)37-76-82(72)95(54)56-42-57-75(44-74(56)117-76)118-78-39-51(114(87-62(104)21-9-22-63(87)105)88-64(106)23-10-24-65(88)107)40-79-84(78)97(57)94-92(120-79)53-34-46(99)30-32-81(53)122-94/h1-44H. The average molecular weight is 1670 g/mol. The van der Waals surface area contributed by atoms with Gasteiger partial charge in [-0.15, -0.1) is 22.7 Å². The SMILES string of the molecule is Fc1ccc2sc3c(c2c1)Oc1cc(N(c2c(F)cccc2F)c2c(F)cccc2F)cc2c1B3c1cc3c(cc1O2)Oc1cc(N(c2ccccc2)c2ccccc2)cc2c1B3c1cc3c(cc1N2c1c(F)cccc1F)N(c1c(F)cccc1F)c1cc(N(c2c(F)cccc2F)c2c(F)cccc2F)cc2c1B3c1sc3ccc(F)cc3c1O2. The number of hydrogen-bond acceptors (Lipinski definition) is 11. The molecule has 0 amide bonds. The second-order valence-electron chi connectivity index (χ2n) is 29.9. The van der Waals surface area contributed by atoms with Crippen molar-refractivity contribution < 1.29 is 80.4 Å². The number of benzene rings is 15. The first-order valence-corrected chi connectivity index (χ1v) is 39.7. The molecule has 0 N–H and O–H groups in total. The van der Waals surface area contributed by atoms with Crippen LogP contribution in [0.5, 0.6) is 46.0 Å². The summed E-state index contributed by atoms with van der Waals surface area (Å²) in [6.07, 6.45) is 0. The number of nitrogens with zero attached hydrogens (tertiary/aromatic N) is 5. The van der Waals surface area contributed by atoms with Crippen LogP contribution >= 0.6 is 22.7 Å². The van der Waals surface area contributed by atoms with Crippen LogP contribution in [0.15, 0.2) is 267 Å². The van der Waals surface area contributed by atoms with E-state index < -0.39 is 141 Å². The molecular weight excluding hydrogens is 1630 g/mol. The van der Waals surface area contributed by atoms with E-state index in [1.165, 1.54) is 99.2 Å². The van der Waals surface area contributed by atoms with Gasteiger partial charge < -0.3 is 33.6 Å². The van der Waals surface area contributed by atoms with Crippen molar-refractivity contribution in [1.82, 2.24) is 0 Å². The van der Waals surface area contributed by atoms with E-state index in [1.807, 2.05) is 71.6 Å². The maximum absolute atomic E-state index is 18.2. The van der Waals surface area contributed by atoms with Crippen LogP contribution in [-0.4, -0.2) is 20.1 Å². The molecule has 0 radical (unpaired) electrons. The third-order valence-corrected chi connectivity index (χ3v) is 25.5. The minimum absolute atomic E-state index is 0.0315. The van der Waals surface area contributed by atoms with Crippen LogP contribution < -0.4 is 91.2 Å². The fourth-order valence-electron chi connectivity index (χ4n) is 18.2. The summed E-state index contributed by atoms with van der Waals surface area (Å²) >= 11 is 2.42. The smallest absolute Gasteiger partial charge is 0.273 e. The summed E-state index contributed by atoms with van der Waals surface area (Å²) < 4.78 is 269. The molecule has 0 aliphatic carbocycles. The zero-order valence-corrected chi connectivity index (χ0v) is 63.7. The molecule has 9 nitrogen and oxygen atoms in total. The summed E-state index contributed by atoms with van der Waals surface area (Å²) in [4.78, 5) is 5.77. The van der Waals surface area contributed by atoms with E-state index in [0.29, 0.717) is 68.2 Å². The van der Waals surface area contributed by atoms with E-state index in [1.54, 1.807) is 30.3 Å². The molecule has 588 valence electrons. The number of thiophene rings is 2. The summed E-state index contributed by atoms with van der Waals surface area (Å²) in [5.74, 6) is -15.8. The van der Waals surface area contributed by atoms with Crippen molar-refractivity contribution in [3.05, 3.63) is 348 Å². The predicted octanol–water partition coefficient (Wildman–Crippen LogP) is 22.0. The lowest BCUT2D eigenvalue weighted by Gasteiger charge is -2.44. The van der Waals surface area contributed by atoms with E-state index in [0.717, 1.165) is 108 Å². The Kier molecular flexibility index (Phi) is 16.2. The maximum Gasteiger partial charge on any atom is 0.273 e. The van der Waals surface area contributed by atoms with Crippen molar-refractivity contribution in [2.24, 2.45) is 0 Å². The van der Waals surface area contributed by atoms with Gasteiger partial charge in [0, 0.05) is 99.6 Å². The Morgan fingerprint density at radius 3 is 0.992 bits per heavy atom. The molecular formula is C94H44B3F14N5O4S2. The topological polar surface area (TPSA) is 53.1 Å². The molecule has 15 aromatic carbocycles. The van der Waals surface area contributed by atoms with Crippen LogP contribution in [0, 0.1) is 81.4 Å². The summed E-state index contributed by atoms with van der Waals surface area (Å²) in [5, 5.41) is 0.523. The van der Waals surface area contributed by atoms with Gasteiger partial charge in [0.2, 0.25) is 0 Å². The number of para-hydroxylation sites is 8. The fourth-order valence-corrected chi connectivity index (χ4v) is 20.7. The summed E-state index contributed by atoms with van der Waals surface area (Å²) in [6, 6.07) is 59.5. The van der Waals surface area contributed by atoms with Gasteiger partial charge in [0.25, 0.3) is 20.1 Å². The Morgan fingerprint density at radius 1 is 0.246 bits per heavy atom. The van der Waals surface area contributed by atoms with Crippen molar-refractivity contribution in [3.8, 4) is 46.0 Å². The van der Waals surface area contributed by atoms with Gasteiger partial charge in [-0.2, -0.15) is 0 Å². The Labute approximate surface area is 691 Å². The zero-order chi connectivity index (χ0) is 82.8. The number of rotatable bonds is 11. The molecule has 0 fully saturated rings.